The van der Waals surface area contributed by atoms with Gasteiger partial charge in [0.05, 0.1) is 11.1 Å². The van der Waals surface area contributed by atoms with E-state index >= 15 is 0 Å². The summed E-state index contributed by atoms with van der Waals surface area (Å²) in [5, 5.41) is 5.97. The van der Waals surface area contributed by atoms with Gasteiger partial charge < -0.3 is 5.32 Å². The molecule has 23 heavy (non-hydrogen) atoms. The normalized spacial score (nSPS) is 11.0. The van der Waals surface area contributed by atoms with Gasteiger partial charge in [-0.25, -0.2) is 4.98 Å². The molecule has 0 unspecified atom stereocenters. The van der Waals surface area contributed by atoms with E-state index in [0.29, 0.717) is 10.8 Å². The monoisotopic (exact) mass is 342 g/mol. The van der Waals surface area contributed by atoms with Crippen molar-refractivity contribution < 1.29 is 4.79 Å². The number of carbonyl (C=O) groups excluding carboxylic acids is 1. The van der Waals surface area contributed by atoms with Crippen LogP contribution in [0.3, 0.4) is 0 Å². The Morgan fingerprint density at radius 1 is 1.22 bits per heavy atom. The van der Waals surface area contributed by atoms with E-state index in [1.165, 1.54) is 11.3 Å². The maximum Gasteiger partial charge on any atom is 0.267 e. The zero-order valence-corrected chi connectivity index (χ0v) is 14.9. The number of benzene rings is 1. The molecule has 0 radical (unpaired) electrons. The van der Waals surface area contributed by atoms with Gasteiger partial charge in [0.25, 0.3) is 5.91 Å². The number of hydrogen-bond donors (Lipinski definition) is 1. The van der Waals surface area contributed by atoms with Gasteiger partial charge in [-0.15, -0.1) is 22.7 Å². The minimum Gasteiger partial charge on any atom is -0.321 e. The number of aryl methyl sites for hydroxylation is 1. The summed E-state index contributed by atoms with van der Waals surface area (Å²) in [4.78, 5) is 18.7. The molecule has 0 saturated heterocycles. The molecule has 1 aromatic carbocycles. The van der Waals surface area contributed by atoms with Crippen molar-refractivity contribution in [2.45, 2.75) is 26.7 Å². The first kappa shape index (κ1) is 15.9. The van der Waals surface area contributed by atoms with Crippen LogP contribution in [0.1, 0.15) is 40.6 Å². The fraction of sp³-hybridized carbons (Fsp3) is 0.222. The molecular formula is C18H18N2OS2. The predicted octanol–water partition coefficient (Wildman–Crippen LogP) is 5.56. The van der Waals surface area contributed by atoms with Crippen molar-refractivity contribution in [1.29, 1.82) is 0 Å². The predicted molar refractivity (Wildman–Crippen MR) is 98.6 cm³/mol. The topological polar surface area (TPSA) is 42.0 Å². The molecule has 5 heteroatoms. The largest absolute Gasteiger partial charge is 0.321 e. The quantitative estimate of drug-likeness (QED) is 0.675. The highest BCUT2D eigenvalue weighted by Gasteiger charge is 2.16. The number of nitrogens with one attached hydrogen (secondary N) is 1. The van der Waals surface area contributed by atoms with Crippen molar-refractivity contribution in [1.82, 2.24) is 4.98 Å². The van der Waals surface area contributed by atoms with Crippen molar-refractivity contribution in [3.8, 4) is 9.88 Å². The molecule has 0 bridgehead atoms. The van der Waals surface area contributed by atoms with Crippen LogP contribution in [0.2, 0.25) is 0 Å². The van der Waals surface area contributed by atoms with E-state index in [0.717, 1.165) is 26.7 Å². The molecule has 3 aromatic rings. The van der Waals surface area contributed by atoms with Crippen LogP contribution >= 0.6 is 22.7 Å². The lowest BCUT2D eigenvalue weighted by Crippen LogP contribution is -2.13. The molecule has 3 nitrogen and oxygen atoms in total. The fourth-order valence-corrected chi connectivity index (χ4v) is 4.03. The maximum absolute atomic E-state index is 12.6. The Morgan fingerprint density at radius 3 is 2.74 bits per heavy atom. The van der Waals surface area contributed by atoms with E-state index in [4.69, 9.17) is 0 Å². The van der Waals surface area contributed by atoms with Crippen LogP contribution in [0.15, 0.2) is 41.9 Å². The molecule has 0 spiro atoms. The van der Waals surface area contributed by atoms with E-state index in [2.05, 4.69) is 30.2 Å². The molecule has 0 saturated carbocycles. The molecule has 118 valence electrons. The van der Waals surface area contributed by atoms with E-state index in [9.17, 15) is 4.79 Å². The Bertz CT molecular complexity index is 819. The fourth-order valence-electron chi connectivity index (χ4n) is 2.41. The molecule has 1 N–H and O–H groups in total. The van der Waals surface area contributed by atoms with Crippen molar-refractivity contribution in [3.05, 3.63) is 57.9 Å². The first-order valence-corrected chi connectivity index (χ1v) is 9.16. The highest BCUT2D eigenvalue weighted by Crippen LogP contribution is 2.31. The van der Waals surface area contributed by atoms with Gasteiger partial charge in [0.15, 0.2) is 0 Å². The van der Waals surface area contributed by atoms with Gasteiger partial charge in [0, 0.05) is 5.69 Å². The van der Waals surface area contributed by atoms with E-state index in [1.807, 2.05) is 36.6 Å². The summed E-state index contributed by atoms with van der Waals surface area (Å²) >= 11 is 3.06. The summed E-state index contributed by atoms with van der Waals surface area (Å²) in [7, 11) is 0. The van der Waals surface area contributed by atoms with Crippen LogP contribution in [0, 0.1) is 6.92 Å². The molecule has 1 amide bonds. The van der Waals surface area contributed by atoms with Crippen molar-refractivity contribution in [2.75, 3.05) is 5.32 Å². The molecule has 3 rings (SSSR count). The minimum atomic E-state index is -0.0958. The zero-order valence-electron chi connectivity index (χ0n) is 13.3. The summed E-state index contributed by atoms with van der Waals surface area (Å²) in [6.07, 6.45) is 1.66. The van der Waals surface area contributed by atoms with Gasteiger partial charge in [0.2, 0.25) is 0 Å². The highest BCUT2D eigenvalue weighted by molar-refractivity contribution is 7.22. The molecule has 0 aliphatic carbocycles. The zero-order chi connectivity index (χ0) is 16.4. The van der Waals surface area contributed by atoms with E-state index in [-0.39, 0.29) is 5.91 Å². The molecular weight excluding hydrogens is 324 g/mol. The van der Waals surface area contributed by atoms with Crippen LogP contribution < -0.4 is 5.32 Å². The standard InChI is InChI=1S/C18H18N2OS2/c1-11(2)13-7-4-6-12(3)16(13)20-17(21)15-10-19-18(23-15)14-8-5-9-22-14/h4-11H,1-3H3,(H,20,21). The smallest absolute Gasteiger partial charge is 0.267 e. The van der Waals surface area contributed by atoms with E-state index in [1.54, 1.807) is 17.5 Å². The SMILES string of the molecule is Cc1cccc(C(C)C)c1NC(=O)c1cnc(-c2cccs2)s1. The number of amides is 1. The lowest BCUT2D eigenvalue weighted by atomic mass is 9.98. The summed E-state index contributed by atoms with van der Waals surface area (Å²) in [5.74, 6) is 0.259. The van der Waals surface area contributed by atoms with Crippen LogP contribution in [-0.4, -0.2) is 10.9 Å². The van der Waals surface area contributed by atoms with Gasteiger partial charge in [-0.3, -0.25) is 4.79 Å². The highest BCUT2D eigenvalue weighted by atomic mass is 32.1. The summed E-state index contributed by atoms with van der Waals surface area (Å²) in [6.45, 7) is 6.28. The van der Waals surface area contributed by atoms with Crippen molar-refractivity contribution in [2.24, 2.45) is 0 Å². The Labute approximate surface area is 144 Å². The number of para-hydroxylation sites is 1. The average molecular weight is 342 g/mol. The third kappa shape index (κ3) is 3.35. The number of thiophene rings is 1. The Hall–Kier alpha value is -1.98. The summed E-state index contributed by atoms with van der Waals surface area (Å²) < 4.78 is 0. The van der Waals surface area contributed by atoms with Crippen LogP contribution in [-0.2, 0) is 0 Å². The third-order valence-electron chi connectivity index (χ3n) is 3.63. The Kier molecular flexibility index (Phi) is 4.59. The molecule has 0 fully saturated rings. The van der Waals surface area contributed by atoms with Gasteiger partial charge in [-0.2, -0.15) is 0 Å². The first-order chi connectivity index (χ1) is 11.1. The minimum absolute atomic E-state index is 0.0958. The van der Waals surface area contributed by atoms with Gasteiger partial charge in [0.1, 0.15) is 9.88 Å². The summed E-state index contributed by atoms with van der Waals surface area (Å²) in [5.41, 5.74) is 3.15. The average Bonchev–Trinajstić information content (AvgIpc) is 3.19. The molecule has 2 heterocycles. The number of hydrogen-bond acceptors (Lipinski definition) is 4. The second-order valence-corrected chi connectivity index (χ2v) is 7.63. The molecule has 2 aromatic heterocycles. The number of carbonyl (C=O) groups is 1. The van der Waals surface area contributed by atoms with Crippen molar-refractivity contribution in [3.63, 3.8) is 0 Å². The maximum atomic E-state index is 12.6. The third-order valence-corrected chi connectivity index (χ3v) is 5.66. The number of anilines is 1. The van der Waals surface area contributed by atoms with Crippen LogP contribution in [0.5, 0.6) is 0 Å². The van der Waals surface area contributed by atoms with Crippen molar-refractivity contribution >= 4 is 34.3 Å². The van der Waals surface area contributed by atoms with Gasteiger partial charge in [-0.05, 0) is 35.4 Å². The van der Waals surface area contributed by atoms with E-state index < -0.39 is 0 Å². The Morgan fingerprint density at radius 2 is 2.04 bits per heavy atom. The Balaban J connectivity index is 1.86. The second kappa shape index (κ2) is 6.64. The molecule has 0 aliphatic heterocycles. The van der Waals surface area contributed by atoms with Crippen LogP contribution in [0.25, 0.3) is 9.88 Å². The number of thiazole rings is 1. The number of nitrogens with zero attached hydrogens (tertiary/aromatic N) is 1. The lowest BCUT2D eigenvalue weighted by molar-refractivity contribution is 0.103. The van der Waals surface area contributed by atoms with Crippen LogP contribution in [0.4, 0.5) is 5.69 Å². The molecule has 0 atom stereocenters. The van der Waals surface area contributed by atoms with Gasteiger partial charge >= 0.3 is 0 Å². The number of aromatic nitrogens is 1. The summed E-state index contributed by atoms with van der Waals surface area (Å²) in [6, 6.07) is 10.1. The lowest BCUT2D eigenvalue weighted by Gasteiger charge is -2.15. The second-order valence-electron chi connectivity index (χ2n) is 5.65. The number of rotatable bonds is 4. The molecule has 0 aliphatic rings. The first-order valence-electron chi connectivity index (χ1n) is 7.47. The van der Waals surface area contributed by atoms with Gasteiger partial charge in [-0.1, -0.05) is 38.1 Å².